The molecule has 1 atom stereocenters. The summed E-state index contributed by atoms with van der Waals surface area (Å²) in [7, 11) is 1.41. The number of nitrogens with zero attached hydrogens (tertiary/aromatic N) is 1. The number of rotatable bonds is 1. The Morgan fingerprint density at radius 2 is 2.33 bits per heavy atom. The molecule has 0 aromatic carbocycles. The Hall–Kier alpha value is -0.320. The van der Waals surface area contributed by atoms with Crippen LogP contribution in [-0.4, -0.2) is 31.2 Å². The van der Waals surface area contributed by atoms with E-state index in [0.29, 0.717) is 6.54 Å². The van der Waals surface area contributed by atoms with Gasteiger partial charge in [-0.05, 0) is 12.8 Å². The third-order valence-electron chi connectivity index (χ3n) is 1.99. The number of methoxy groups -OCH3 is 1. The van der Waals surface area contributed by atoms with Crippen molar-refractivity contribution in [1.29, 1.82) is 0 Å². The number of hydrazine groups is 1. The number of carbonyl (C=O) groups is 1. The Balaban J connectivity index is 0.00000121. The molecule has 0 spiro atoms. The zero-order valence-corrected chi connectivity index (χ0v) is 7.97. The molecule has 1 aliphatic rings. The summed E-state index contributed by atoms with van der Waals surface area (Å²) in [5, 5.41) is 1.67. The Labute approximate surface area is 78.4 Å². The topological polar surface area (TPSA) is 55.6 Å². The summed E-state index contributed by atoms with van der Waals surface area (Å²) < 4.78 is 4.62. The third kappa shape index (κ3) is 2.97. The molecule has 5 heteroatoms. The number of hydrogen-bond donors (Lipinski definition) is 1. The van der Waals surface area contributed by atoms with Crippen LogP contribution in [0.4, 0.5) is 0 Å². The quantitative estimate of drug-likeness (QED) is 0.478. The lowest BCUT2D eigenvalue weighted by Gasteiger charge is -2.27. The summed E-state index contributed by atoms with van der Waals surface area (Å²) in [5.41, 5.74) is 0. The fourth-order valence-electron chi connectivity index (χ4n) is 1.37. The highest BCUT2D eigenvalue weighted by atomic mass is 35.5. The molecule has 1 unspecified atom stereocenters. The van der Waals surface area contributed by atoms with Crippen molar-refractivity contribution in [2.24, 2.45) is 11.8 Å². The van der Waals surface area contributed by atoms with E-state index in [1.807, 2.05) is 0 Å². The van der Waals surface area contributed by atoms with Crippen molar-refractivity contribution < 1.29 is 9.53 Å². The molecular weight excluding hydrogens is 180 g/mol. The number of piperidine rings is 1. The van der Waals surface area contributed by atoms with Crippen molar-refractivity contribution >= 4 is 18.4 Å². The van der Waals surface area contributed by atoms with Gasteiger partial charge in [0.2, 0.25) is 0 Å². The summed E-state index contributed by atoms with van der Waals surface area (Å²) in [6.45, 7) is 1.51. The molecule has 0 aromatic heterocycles. The van der Waals surface area contributed by atoms with Crippen molar-refractivity contribution in [2.45, 2.75) is 12.8 Å². The van der Waals surface area contributed by atoms with E-state index in [1.54, 1.807) is 5.01 Å². The molecule has 1 aliphatic heterocycles. The second kappa shape index (κ2) is 5.35. The Morgan fingerprint density at radius 1 is 1.67 bits per heavy atom. The molecule has 1 fully saturated rings. The van der Waals surface area contributed by atoms with E-state index >= 15 is 0 Å². The van der Waals surface area contributed by atoms with Crippen LogP contribution < -0.4 is 5.84 Å². The highest BCUT2D eigenvalue weighted by Gasteiger charge is 2.24. The fraction of sp³-hybridized carbons (Fsp3) is 0.857. The molecule has 72 valence electrons. The number of carbonyl (C=O) groups excluding carboxylic acids is 1. The van der Waals surface area contributed by atoms with Gasteiger partial charge in [0.1, 0.15) is 0 Å². The standard InChI is InChI=1S/C7H14N2O2.ClH/c1-11-7(10)6-3-2-4-9(8)5-6;/h6H,2-5,8H2,1H3;1H. The summed E-state index contributed by atoms with van der Waals surface area (Å²) in [4.78, 5) is 11.0. The lowest BCUT2D eigenvalue weighted by molar-refractivity contribution is -0.147. The largest absolute Gasteiger partial charge is 0.469 e. The summed E-state index contributed by atoms with van der Waals surface area (Å²) in [6.07, 6.45) is 1.89. The SMILES string of the molecule is COC(=O)C1CCCN(N)C1.Cl. The molecule has 12 heavy (non-hydrogen) atoms. The summed E-state index contributed by atoms with van der Waals surface area (Å²) in [6, 6.07) is 0. The van der Waals surface area contributed by atoms with Gasteiger partial charge in [-0.2, -0.15) is 0 Å². The van der Waals surface area contributed by atoms with Gasteiger partial charge in [-0.25, -0.2) is 5.01 Å². The minimum atomic E-state index is -0.139. The number of ether oxygens (including phenoxy) is 1. The van der Waals surface area contributed by atoms with Gasteiger partial charge < -0.3 is 4.74 Å². The van der Waals surface area contributed by atoms with E-state index in [1.165, 1.54) is 7.11 Å². The van der Waals surface area contributed by atoms with Gasteiger partial charge in [0.25, 0.3) is 0 Å². The van der Waals surface area contributed by atoms with Gasteiger partial charge in [0.15, 0.2) is 0 Å². The van der Waals surface area contributed by atoms with E-state index in [-0.39, 0.29) is 24.3 Å². The van der Waals surface area contributed by atoms with Crippen molar-refractivity contribution in [3.63, 3.8) is 0 Å². The summed E-state index contributed by atoms with van der Waals surface area (Å²) >= 11 is 0. The first kappa shape index (κ1) is 11.7. The second-order valence-electron chi connectivity index (χ2n) is 2.86. The van der Waals surface area contributed by atoms with Crippen LogP contribution in [0.2, 0.25) is 0 Å². The Kier molecular flexibility index (Phi) is 5.20. The molecule has 1 heterocycles. The third-order valence-corrected chi connectivity index (χ3v) is 1.99. The lowest BCUT2D eigenvalue weighted by Crippen LogP contribution is -2.43. The number of hydrogen-bond acceptors (Lipinski definition) is 4. The first-order valence-corrected chi connectivity index (χ1v) is 3.81. The summed E-state index contributed by atoms with van der Waals surface area (Å²) in [5.74, 6) is 5.39. The normalized spacial score (nSPS) is 24.3. The minimum Gasteiger partial charge on any atom is -0.469 e. The second-order valence-corrected chi connectivity index (χ2v) is 2.86. The Morgan fingerprint density at radius 3 is 2.83 bits per heavy atom. The molecule has 0 radical (unpaired) electrons. The predicted octanol–water partition coefficient (Wildman–Crippen LogP) is 0.167. The van der Waals surface area contributed by atoms with E-state index in [2.05, 4.69) is 4.74 Å². The van der Waals surface area contributed by atoms with Crippen LogP contribution in [0.1, 0.15) is 12.8 Å². The molecule has 1 rings (SSSR count). The number of nitrogens with two attached hydrogens (primary N) is 1. The molecule has 0 saturated carbocycles. The highest BCUT2D eigenvalue weighted by molar-refractivity contribution is 5.85. The average molecular weight is 195 g/mol. The molecule has 4 nitrogen and oxygen atoms in total. The maximum Gasteiger partial charge on any atom is 0.310 e. The highest BCUT2D eigenvalue weighted by Crippen LogP contribution is 2.14. The monoisotopic (exact) mass is 194 g/mol. The minimum absolute atomic E-state index is 0. The van der Waals surface area contributed by atoms with Gasteiger partial charge in [-0.15, -0.1) is 12.4 Å². The number of halogens is 1. The smallest absolute Gasteiger partial charge is 0.310 e. The van der Waals surface area contributed by atoms with Crippen molar-refractivity contribution in [3.05, 3.63) is 0 Å². The molecule has 1 saturated heterocycles. The van der Waals surface area contributed by atoms with Crippen LogP contribution >= 0.6 is 12.4 Å². The van der Waals surface area contributed by atoms with Crippen molar-refractivity contribution in [1.82, 2.24) is 5.01 Å². The van der Waals surface area contributed by atoms with Crippen LogP contribution in [0.3, 0.4) is 0 Å². The van der Waals surface area contributed by atoms with E-state index in [4.69, 9.17) is 5.84 Å². The lowest BCUT2D eigenvalue weighted by atomic mass is 10.00. The van der Waals surface area contributed by atoms with Crippen molar-refractivity contribution in [3.8, 4) is 0 Å². The molecule has 0 aliphatic carbocycles. The van der Waals surface area contributed by atoms with E-state index in [9.17, 15) is 4.79 Å². The first-order chi connectivity index (χ1) is 5.24. The van der Waals surface area contributed by atoms with Crippen molar-refractivity contribution in [2.75, 3.05) is 20.2 Å². The van der Waals surface area contributed by atoms with E-state index < -0.39 is 0 Å². The van der Waals surface area contributed by atoms with Gasteiger partial charge in [-0.1, -0.05) is 0 Å². The van der Waals surface area contributed by atoms with Gasteiger partial charge in [0, 0.05) is 13.1 Å². The molecule has 0 amide bonds. The fourth-order valence-corrected chi connectivity index (χ4v) is 1.37. The molecule has 0 aromatic rings. The van der Waals surface area contributed by atoms with Gasteiger partial charge >= 0.3 is 5.97 Å². The molecule has 0 bridgehead atoms. The van der Waals surface area contributed by atoms with Crippen LogP contribution in [0.5, 0.6) is 0 Å². The van der Waals surface area contributed by atoms with Gasteiger partial charge in [0.05, 0.1) is 13.0 Å². The van der Waals surface area contributed by atoms with Gasteiger partial charge in [-0.3, -0.25) is 10.6 Å². The van der Waals surface area contributed by atoms with Crippen LogP contribution in [0, 0.1) is 5.92 Å². The first-order valence-electron chi connectivity index (χ1n) is 3.81. The maximum absolute atomic E-state index is 11.0. The van der Waals surface area contributed by atoms with Crippen LogP contribution in [-0.2, 0) is 9.53 Å². The predicted molar refractivity (Wildman–Crippen MR) is 47.7 cm³/mol. The van der Waals surface area contributed by atoms with Crippen LogP contribution in [0.15, 0.2) is 0 Å². The zero-order chi connectivity index (χ0) is 8.27. The Bertz CT molecular complexity index is 154. The molecule has 2 N–H and O–H groups in total. The molecular formula is C7H15ClN2O2. The van der Waals surface area contributed by atoms with E-state index in [0.717, 1.165) is 19.4 Å². The zero-order valence-electron chi connectivity index (χ0n) is 7.16. The van der Waals surface area contributed by atoms with Crippen LogP contribution in [0.25, 0.3) is 0 Å². The maximum atomic E-state index is 11.0. The average Bonchev–Trinajstić information content (AvgIpc) is 2.03. The number of esters is 1.